The van der Waals surface area contributed by atoms with Gasteiger partial charge in [0, 0.05) is 34.8 Å². The smallest absolute Gasteiger partial charge is 0.121 e. The number of nitrogens with two attached hydrogens (primary N) is 1. The molecule has 116 valence electrons. The monoisotopic (exact) mass is 299 g/mol. The number of aliphatic hydroxyl groups is 2. The average Bonchev–Trinajstić information content (AvgIpc) is 2.87. The lowest BCUT2D eigenvalue weighted by Gasteiger charge is -2.13. The number of rotatable bonds is 7. The highest BCUT2D eigenvalue weighted by Gasteiger charge is 2.13. The van der Waals surface area contributed by atoms with Crippen LogP contribution in [0.2, 0.25) is 0 Å². The Hall–Kier alpha value is -1.88. The normalized spacial score (nSPS) is 13.0. The second-order valence-electron chi connectivity index (χ2n) is 5.69. The lowest BCUT2D eigenvalue weighted by molar-refractivity contribution is -0.661. The summed E-state index contributed by atoms with van der Waals surface area (Å²) >= 11 is 0. The van der Waals surface area contributed by atoms with E-state index in [0.717, 1.165) is 24.0 Å². The maximum absolute atomic E-state index is 10.3. The molecule has 0 unspecified atom stereocenters. The second-order valence-corrected chi connectivity index (χ2v) is 5.69. The van der Waals surface area contributed by atoms with Crippen LogP contribution in [0.3, 0.4) is 0 Å². The molecule has 1 heterocycles. The van der Waals surface area contributed by atoms with E-state index in [9.17, 15) is 5.11 Å². The number of aliphatic hydroxyl groups excluding tert-OH is 2. The highest BCUT2D eigenvalue weighted by atomic mass is 16.3. The van der Waals surface area contributed by atoms with E-state index >= 15 is 0 Å². The summed E-state index contributed by atoms with van der Waals surface area (Å²) in [5, 5.41) is 23.6. The first-order valence-corrected chi connectivity index (χ1v) is 7.88. The molecule has 0 fully saturated rings. The van der Waals surface area contributed by atoms with Gasteiger partial charge >= 0.3 is 0 Å². The number of para-hydroxylation sites is 2. The molecule has 22 heavy (non-hydrogen) atoms. The third-order valence-corrected chi connectivity index (χ3v) is 4.08. The second kappa shape index (κ2) is 6.92. The van der Waals surface area contributed by atoms with Crippen molar-refractivity contribution in [1.29, 1.82) is 0 Å². The van der Waals surface area contributed by atoms with Crippen LogP contribution < -0.4 is 5.32 Å². The van der Waals surface area contributed by atoms with Crippen LogP contribution in [-0.4, -0.2) is 40.6 Å². The van der Waals surface area contributed by atoms with Gasteiger partial charge in [-0.25, -0.2) is 0 Å². The summed E-state index contributed by atoms with van der Waals surface area (Å²) in [6, 6.07) is 16.7. The lowest BCUT2D eigenvalue weighted by atomic mass is 10.2. The van der Waals surface area contributed by atoms with E-state index in [0.29, 0.717) is 13.1 Å². The van der Waals surface area contributed by atoms with Crippen molar-refractivity contribution < 1.29 is 15.5 Å². The minimum absolute atomic E-state index is 0.208. The molecule has 4 nitrogen and oxygen atoms in total. The van der Waals surface area contributed by atoms with E-state index in [1.807, 2.05) is 12.1 Å². The Bertz CT molecular complexity index is 698. The van der Waals surface area contributed by atoms with Gasteiger partial charge in [0.05, 0.1) is 13.1 Å². The van der Waals surface area contributed by atoms with E-state index < -0.39 is 6.10 Å². The maximum atomic E-state index is 10.3. The van der Waals surface area contributed by atoms with Crippen molar-refractivity contribution in [3.63, 3.8) is 0 Å². The van der Waals surface area contributed by atoms with Crippen molar-refractivity contribution in [3.8, 4) is 0 Å². The molecule has 3 aromatic rings. The summed E-state index contributed by atoms with van der Waals surface area (Å²) in [5.74, 6) is 0. The van der Waals surface area contributed by atoms with Gasteiger partial charge in [0.2, 0.25) is 0 Å². The van der Waals surface area contributed by atoms with Gasteiger partial charge in [-0.1, -0.05) is 36.4 Å². The summed E-state index contributed by atoms with van der Waals surface area (Å²) in [6.07, 6.45) is 0.361. The van der Waals surface area contributed by atoms with E-state index in [2.05, 4.69) is 46.3 Å². The molecule has 0 aliphatic heterocycles. The van der Waals surface area contributed by atoms with E-state index in [1.54, 1.807) is 0 Å². The molecule has 0 saturated heterocycles. The molecular formula is C18H23N2O2+. The topological polar surface area (TPSA) is 62.0 Å². The summed E-state index contributed by atoms with van der Waals surface area (Å²) < 4.78 is 2.20. The molecule has 1 aromatic heterocycles. The molecule has 0 aliphatic rings. The zero-order chi connectivity index (χ0) is 15.4. The minimum Gasteiger partial charge on any atom is -0.396 e. The van der Waals surface area contributed by atoms with Crippen molar-refractivity contribution in [2.45, 2.75) is 19.1 Å². The lowest BCUT2D eigenvalue weighted by Crippen LogP contribution is -2.86. The van der Waals surface area contributed by atoms with E-state index in [1.165, 1.54) is 10.8 Å². The predicted octanol–water partition coefficient (Wildman–Crippen LogP) is 1.10. The van der Waals surface area contributed by atoms with Crippen molar-refractivity contribution in [3.05, 3.63) is 48.5 Å². The third-order valence-electron chi connectivity index (χ3n) is 4.08. The summed E-state index contributed by atoms with van der Waals surface area (Å²) in [7, 11) is 0. The van der Waals surface area contributed by atoms with Crippen LogP contribution in [0.15, 0.2) is 48.5 Å². The van der Waals surface area contributed by atoms with Crippen LogP contribution in [0.25, 0.3) is 21.8 Å². The first-order valence-electron chi connectivity index (χ1n) is 7.88. The SMILES string of the molecule is OCCC[NH2+]C[C@@H](O)Cn1c2ccccc2c2ccccc21. The highest BCUT2D eigenvalue weighted by molar-refractivity contribution is 6.07. The van der Waals surface area contributed by atoms with E-state index in [4.69, 9.17) is 5.11 Å². The van der Waals surface area contributed by atoms with Crippen LogP contribution in [0.1, 0.15) is 6.42 Å². The van der Waals surface area contributed by atoms with Crippen LogP contribution in [0.4, 0.5) is 0 Å². The minimum atomic E-state index is -0.405. The molecule has 0 bridgehead atoms. The molecule has 4 heteroatoms. The van der Waals surface area contributed by atoms with Crippen molar-refractivity contribution in [1.82, 2.24) is 4.57 Å². The van der Waals surface area contributed by atoms with Gasteiger partial charge in [-0.2, -0.15) is 0 Å². The van der Waals surface area contributed by atoms with Crippen molar-refractivity contribution in [2.24, 2.45) is 0 Å². The first kappa shape index (κ1) is 15.0. The van der Waals surface area contributed by atoms with Gasteiger partial charge in [0.15, 0.2) is 0 Å². The van der Waals surface area contributed by atoms with Gasteiger partial charge < -0.3 is 20.1 Å². The Morgan fingerprint density at radius 2 is 1.55 bits per heavy atom. The van der Waals surface area contributed by atoms with Crippen LogP contribution in [0, 0.1) is 0 Å². The average molecular weight is 299 g/mol. The molecule has 0 saturated carbocycles. The number of fused-ring (bicyclic) bond motifs is 3. The standard InChI is InChI=1S/C18H22N2O2/c21-11-5-10-19-12-14(22)13-20-17-8-3-1-6-15(17)16-7-2-4-9-18(16)20/h1-4,6-9,14,19,21-22H,5,10-13H2/p+1/t14-/m1/s1. The largest absolute Gasteiger partial charge is 0.396 e. The summed E-state index contributed by atoms with van der Waals surface area (Å²) in [6.45, 7) is 2.30. The van der Waals surface area contributed by atoms with E-state index in [-0.39, 0.29) is 6.61 Å². The first-order chi connectivity index (χ1) is 10.8. The number of nitrogens with zero attached hydrogens (tertiary/aromatic N) is 1. The number of aromatic nitrogens is 1. The molecule has 0 radical (unpaired) electrons. The highest BCUT2D eigenvalue weighted by Crippen LogP contribution is 2.28. The fourth-order valence-electron chi connectivity index (χ4n) is 3.03. The Labute approximate surface area is 130 Å². The molecule has 3 rings (SSSR count). The number of quaternary nitrogens is 1. The van der Waals surface area contributed by atoms with Gasteiger partial charge in [0.1, 0.15) is 12.6 Å². The Morgan fingerprint density at radius 3 is 2.14 bits per heavy atom. The predicted molar refractivity (Wildman–Crippen MR) is 88.8 cm³/mol. The Kier molecular flexibility index (Phi) is 4.73. The number of benzene rings is 2. The summed E-state index contributed by atoms with van der Waals surface area (Å²) in [4.78, 5) is 0. The fraction of sp³-hybridized carbons (Fsp3) is 0.333. The molecule has 4 N–H and O–H groups in total. The Balaban J connectivity index is 1.85. The maximum Gasteiger partial charge on any atom is 0.121 e. The molecular weight excluding hydrogens is 276 g/mol. The fourth-order valence-corrected chi connectivity index (χ4v) is 3.03. The molecule has 0 spiro atoms. The van der Waals surface area contributed by atoms with Gasteiger partial charge in [0.25, 0.3) is 0 Å². The quantitative estimate of drug-likeness (QED) is 0.572. The molecule has 0 aliphatic carbocycles. The van der Waals surface area contributed by atoms with Crippen LogP contribution >= 0.6 is 0 Å². The molecule has 2 aromatic carbocycles. The van der Waals surface area contributed by atoms with Crippen LogP contribution in [0.5, 0.6) is 0 Å². The Morgan fingerprint density at radius 1 is 0.955 bits per heavy atom. The van der Waals surface area contributed by atoms with Crippen molar-refractivity contribution in [2.75, 3.05) is 19.7 Å². The zero-order valence-electron chi connectivity index (χ0n) is 12.7. The van der Waals surface area contributed by atoms with Gasteiger partial charge in [-0.05, 0) is 12.1 Å². The van der Waals surface area contributed by atoms with Crippen LogP contribution in [-0.2, 0) is 6.54 Å². The molecule has 1 atom stereocenters. The zero-order valence-corrected chi connectivity index (χ0v) is 12.7. The number of hydrogen-bond donors (Lipinski definition) is 3. The van der Waals surface area contributed by atoms with Gasteiger partial charge in [-0.3, -0.25) is 0 Å². The summed E-state index contributed by atoms with van der Waals surface area (Å²) in [5.41, 5.74) is 2.33. The molecule has 0 amide bonds. The van der Waals surface area contributed by atoms with Gasteiger partial charge in [-0.15, -0.1) is 0 Å². The number of hydrogen-bond acceptors (Lipinski definition) is 2. The van der Waals surface area contributed by atoms with Crippen molar-refractivity contribution >= 4 is 21.8 Å². The third kappa shape index (κ3) is 2.99.